The molecule has 0 radical (unpaired) electrons. The van der Waals surface area contributed by atoms with Crippen molar-refractivity contribution in [1.29, 1.82) is 0 Å². The maximum Gasteiger partial charge on any atom is 0.311 e. The minimum Gasteiger partial charge on any atom is -0.466 e. The molecular weight excluding hydrogens is 259 g/mol. The van der Waals surface area contributed by atoms with E-state index >= 15 is 0 Å². The number of benzene rings is 1. The Hall–Kier alpha value is -1.13. The number of carbonyl (C=O) groups excluding carboxylic acids is 1. The molecule has 1 aromatic rings. The summed E-state index contributed by atoms with van der Waals surface area (Å²) in [6.45, 7) is 3.71. The van der Waals surface area contributed by atoms with E-state index in [1.807, 2.05) is 0 Å². The molecule has 1 N–H and O–H groups in total. The Balaban J connectivity index is 2.96. The van der Waals surface area contributed by atoms with Crippen LogP contribution in [0.15, 0.2) is 18.2 Å². The molecule has 0 heterocycles. The predicted octanol–water partition coefficient (Wildman–Crippen LogP) is 3.10. The van der Waals surface area contributed by atoms with Crippen molar-refractivity contribution >= 4 is 17.6 Å². The van der Waals surface area contributed by atoms with Crippen LogP contribution >= 0.6 is 11.6 Å². The normalized spacial score (nSPS) is 14.1. The van der Waals surface area contributed by atoms with Crippen molar-refractivity contribution in [2.24, 2.45) is 5.92 Å². The van der Waals surface area contributed by atoms with E-state index in [0.29, 0.717) is 12.0 Å². The van der Waals surface area contributed by atoms with Crippen molar-refractivity contribution in [1.82, 2.24) is 0 Å². The molecule has 1 aromatic carbocycles. The van der Waals surface area contributed by atoms with Crippen molar-refractivity contribution in [2.75, 3.05) is 6.61 Å². The summed E-state index contributed by atoms with van der Waals surface area (Å²) >= 11 is 5.86. The van der Waals surface area contributed by atoms with E-state index in [4.69, 9.17) is 16.3 Å². The molecule has 0 aromatic heterocycles. The second-order valence-corrected chi connectivity index (χ2v) is 4.28. The fraction of sp³-hybridized carbons (Fsp3) is 0.462. The van der Waals surface area contributed by atoms with E-state index in [1.165, 1.54) is 12.1 Å². The fourth-order valence-electron chi connectivity index (χ4n) is 1.73. The zero-order valence-corrected chi connectivity index (χ0v) is 11.1. The van der Waals surface area contributed by atoms with Crippen molar-refractivity contribution in [3.05, 3.63) is 34.6 Å². The molecular formula is C13H16ClFO3. The second kappa shape index (κ2) is 6.71. The van der Waals surface area contributed by atoms with Crippen molar-refractivity contribution in [2.45, 2.75) is 26.4 Å². The highest BCUT2D eigenvalue weighted by Gasteiger charge is 2.29. The van der Waals surface area contributed by atoms with E-state index in [1.54, 1.807) is 13.8 Å². The summed E-state index contributed by atoms with van der Waals surface area (Å²) in [4.78, 5) is 11.7. The van der Waals surface area contributed by atoms with E-state index in [2.05, 4.69) is 0 Å². The first-order valence-corrected chi connectivity index (χ1v) is 6.18. The number of aliphatic hydroxyl groups is 1. The molecule has 0 fully saturated rings. The van der Waals surface area contributed by atoms with Gasteiger partial charge in [0.2, 0.25) is 0 Å². The van der Waals surface area contributed by atoms with Gasteiger partial charge in [-0.1, -0.05) is 24.6 Å². The Morgan fingerprint density at radius 1 is 1.50 bits per heavy atom. The van der Waals surface area contributed by atoms with Gasteiger partial charge in [-0.05, 0) is 25.5 Å². The van der Waals surface area contributed by atoms with Crippen LogP contribution in [0.3, 0.4) is 0 Å². The Morgan fingerprint density at radius 2 is 2.17 bits per heavy atom. The van der Waals surface area contributed by atoms with Gasteiger partial charge in [0.05, 0.1) is 18.6 Å². The van der Waals surface area contributed by atoms with Gasteiger partial charge in [0.25, 0.3) is 0 Å². The van der Waals surface area contributed by atoms with Crippen molar-refractivity contribution < 1.29 is 19.0 Å². The molecule has 2 atom stereocenters. The first-order chi connectivity index (χ1) is 8.51. The first-order valence-electron chi connectivity index (χ1n) is 5.80. The van der Waals surface area contributed by atoms with Gasteiger partial charge in [0, 0.05) is 10.6 Å². The van der Waals surface area contributed by atoms with Crippen LogP contribution in [0, 0.1) is 11.7 Å². The SMILES string of the molecule is CCOC(=O)C(CC)C(O)c1ccc(F)cc1Cl. The number of esters is 1. The summed E-state index contributed by atoms with van der Waals surface area (Å²) in [6.07, 6.45) is -0.685. The average Bonchev–Trinajstić information content (AvgIpc) is 2.29. The maximum atomic E-state index is 12.9. The molecule has 0 saturated carbocycles. The maximum absolute atomic E-state index is 12.9. The molecule has 5 heteroatoms. The van der Waals surface area contributed by atoms with Crippen LogP contribution < -0.4 is 0 Å². The molecule has 18 heavy (non-hydrogen) atoms. The topological polar surface area (TPSA) is 46.5 Å². The molecule has 0 bridgehead atoms. The zero-order valence-electron chi connectivity index (χ0n) is 10.3. The van der Waals surface area contributed by atoms with Crippen LogP contribution in [0.1, 0.15) is 31.9 Å². The van der Waals surface area contributed by atoms with Crippen LogP contribution in [0.5, 0.6) is 0 Å². The Labute approximate surface area is 111 Å². The van der Waals surface area contributed by atoms with Crippen molar-refractivity contribution in [3.63, 3.8) is 0 Å². The van der Waals surface area contributed by atoms with Crippen LogP contribution in [0.25, 0.3) is 0 Å². The number of ether oxygens (including phenoxy) is 1. The molecule has 3 nitrogen and oxygen atoms in total. The quantitative estimate of drug-likeness (QED) is 0.839. The summed E-state index contributed by atoms with van der Waals surface area (Å²) < 4.78 is 17.8. The van der Waals surface area contributed by atoms with Gasteiger partial charge < -0.3 is 9.84 Å². The van der Waals surface area contributed by atoms with Gasteiger partial charge in [-0.25, -0.2) is 4.39 Å². The van der Waals surface area contributed by atoms with Gasteiger partial charge in [0.1, 0.15) is 5.82 Å². The Kier molecular flexibility index (Phi) is 5.56. The lowest BCUT2D eigenvalue weighted by Crippen LogP contribution is -2.24. The van der Waals surface area contributed by atoms with Crippen LogP contribution in [-0.4, -0.2) is 17.7 Å². The molecule has 0 aliphatic heterocycles. The molecule has 100 valence electrons. The summed E-state index contributed by atoms with van der Waals surface area (Å²) in [5.74, 6) is -1.67. The van der Waals surface area contributed by atoms with Gasteiger partial charge >= 0.3 is 5.97 Å². The third-order valence-electron chi connectivity index (χ3n) is 2.69. The van der Waals surface area contributed by atoms with Gasteiger partial charge in [-0.3, -0.25) is 4.79 Å². The number of hydrogen-bond acceptors (Lipinski definition) is 3. The number of hydrogen-bond donors (Lipinski definition) is 1. The average molecular weight is 275 g/mol. The van der Waals surface area contributed by atoms with E-state index in [0.717, 1.165) is 6.07 Å². The molecule has 0 amide bonds. The molecule has 0 saturated heterocycles. The fourth-order valence-corrected chi connectivity index (χ4v) is 2.01. The third kappa shape index (κ3) is 3.43. The molecule has 0 spiro atoms. The first kappa shape index (κ1) is 14.9. The zero-order chi connectivity index (χ0) is 13.7. The lowest BCUT2D eigenvalue weighted by Gasteiger charge is -2.21. The highest BCUT2D eigenvalue weighted by atomic mass is 35.5. The van der Waals surface area contributed by atoms with Gasteiger partial charge in [-0.2, -0.15) is 0 Å². The molecule has 0 aliphatic rings. The number of aliphatic hydroxyl groups excluding tert-OH is 1. The third-order valence-corrected chi connectivity index (χ3v) is 3.02. The lowest BCUT2D eigenvalue weighted by molar-refractivity contribution is -0.152. The number of rotatable bonds is 5. The van der Waals surface area contributed by atoms with Crippen LogP contribution in [-0.2, 0) is 9.53 Å². The predicted molar refractivity (Wildman–Crippen MR) is 66.8 cm³/mol. The minimum absolute atomic E-state index is 0.102. The molecule has 2 unspecified atom stereocenters. The second-order valence-electron chi connectivity index (χ2n) is 3.88. The minimum atomic E-state index is -1.10. The summed E-state index contributed by atoms with van der Waals surface area (Å²) in [5.41, 5.74) is 0.331. The van der Waals surface area contributed by atoms with E-state index in [9.17, 15) is 14.3 Å². The number of carbonyl (C=O) groups is 1. The standard InChI is InChI=1S/C13H16ClFO3/c1-3-9(13(17)18-4-2)12(16)10-6-5-8(15)7-11(10)14/h5-7,9,12,16H,3-4H2,1-2H3. The summed E-state index contributed by atoms with van der Waals surface area (Å²) in [7, 11) is 0. The smallest absolute Gasteiger partial charge is 0.311 e. The largest absolute Gasteiger partial charge is 0.466 e. The Bertz CT molecular complexity index is 423. The molecule has 0 aliphatic carbocycles. The summed E-state index contributed by atoms with van der Waals surface area (Å²) in [6, 6.07) is 3.69. The van der Waals surface area contributed by atoms with Crippen LogP contribution in [0.2, 0.25) is 5.02 Å². The van der Waals surface area contributed by atoms with E-state index in [-0.39, 0.29) is 11.6 Å². The summed E-state index contributed by atoms with van der Waals surface area (Å²) in [5, 5.41) is 10.2. The number of halogens is 2. The van der Waals surface area contributed by atoms with Crippen LogP contribution in [0.4, 0.5) is 4.39 Å². The van der Waals surface area contributed by atoms with Crippen molar-refractivity contribution in [3.8, 4) is 0 Å². The van der Waals surface area contributed by atoms with Gasteiger partial charge in [0.15, 0.2) is 0 Å². The van der Waals surface area contributed by atoms with E-state index < -0.39 is 23.8 Å². The highest BCUT2D eigenvalue weighted by molar-refractivity contribution is 6.31. The van der Waals surface area contributed by atoms with Gasteiger partial charge in [-0.15, -0.1) is 0 Å². The molecule has 1 rings (SSSR count). The monoisotopic (exact) mass is 274 g/mol. The Morgan fingerprint density at radius 3 is 2.67 bits per heavy atom. The lowest BCUT2D eigenvalue weighted by atomic mass is 9.93. The highest BCUT2D eigenvalue weighted by Crippen LogP contribution is 2.31.